The second-order valence-corrected chi connectivity index (χ2v) is 8.49. The van der Waals surface area contributed by atoms with Gasteiger partial charge in [-0.1, -0.05) is 56.9 Å². The smallest absolute Gasteiger partial charge is 0.307 e. The number of hydrogen-bond donors (Lipinski definition) is 1. The second-order valence-electron chi connectivity index (χ2n) is 8.49. The van der Waals surface area contributed by atoms with Crippen LogP contribution in [0.5, 0.6) is 0 Å². The summed E-state index contributed by atoms with van der Waals surface area (Å²) in [6.45, 7) is 2.32. The summed E-state index contributed by atoms with van der Waals surface area (Å²) in [6, 6.07) is 8.34. The van der Waals surface area contributed by atoms with Gasteiger partial charge >= 0.3 is 5.97 Å². The Labute approximate surface area is 153 Å². The summed E-state index contributed by atoms with van der Waals surface area (Å²) >= 11 is 0. The summed E-state index contributed by atoms with van der Waals surface area (Å²) in [7, 11) is 0. The van der Waals surface area contributed by atoms with Crippen LogP contribution in [0, 0.1) is 17.8 Å². The molecule has 1 aromatic carbocycles. The first kappa shape index (κ1) is 18.5. The van der Waals surface area contributed by atoms with E-state index in [2.05, 4.69) is 19.1 Å². The molecule has 0 aliphatic heterocycles. The fourth-order valence-electron chi connectivity index (χ4n) is 5.36. The zero-order valence-electron chi connectivity index (χ0n) is 15.8. The van der Waals surface area contributed by atoms with E-state index in [0.717, 1.165) is 23.3 Å². The maximum atomic E-state index is 10.8. The molecule has 2 heteroatoms. The molecule has 2 saturated carbocycles. The molecule has 3 rings (SSSR count). The fraction of sp³-hybridized carbons (Fsp3) is 0.696. The topological polar surface area (TPSA) is 37.3 Å². The van der Waals surface area contributed by atoms with Gasteiger partial charge in [0.2, 0.25) is 0 Å². The van der Waals surface area contributed by atoms with E-state index < -0.39 is 5.97 Å². The Morgan fingerprint density at radius 3 is 2.00 bits per heavy atom. The van der Waals surface area contributed by atoms with Crippen LogP contribution in [0.2, 0.25) is 0 Å². The largest absolute Gasteiger partial charge is 0.481 e. The van der Waals surface area contributed by atoms with E-state index in [1.54, 1.807) is 0 Å². The van der Waals surface area contributed by atoms with Gasteiger partial charge in [-0.3, -0.25) is 4.79 Å². The SMILES string of the molecule is CCC[C@H]1CC[C@H]([C@H]2CC[C@H](c3ccc(CC(=O)O)cc3)CC2)CC1. The molecule has 0 bridgehead atoms. The van der Waals surface area contributed by atoms with Crippen LogP contribution in [0.3, 0.4) is 0 Å². The molecule has 0 atom stereocenters. The van der Waals surface area contributed by atoms with Crippen molar-refractivity contribution in [3.05, 3.63) is 35.4 Å². The van der Waals surface area contributed by atoms with Crippen molar-refractivity contribution in [1.82, 2.24) is 0 Å². The number of hydrogen-bond acceptors (Lipinski definition) is 1. The van der Waals surface area contributed by atoms with Gasteiger partial charge in [0.05, 0.1) is 6.42 Å². The zero-order chi connectivity index (χ0) is 17.6. The number of carboxylic acids is 1. The molecule has 0 radical (unpaired) electrons. The third-order valence-electron chi connectivity index (χ3n) is 6.83. The number of carboxylic acid groups (broad SMARTS) is 1. The van der Waals surface area contributed by atoms with Crippen molar-refractivity contribution in [3.63, 3.8) is 0 Å². The highest BCUT2D eigenvalue weighted by atomic mass is 16.4. The number of rotatable bonds is 6. The van der Waals surface area contributed by atoms with E-state index in [1.807, 2.05) is 12.1 Å². The summed E-state index contributed by atoms with van der Waals surface area (Å²) < 4.78 is 0. The molecule has 2 aliphatic rings. The van der Waals surface area contributed by atoms with Gasteiger partial charge in [0.25, 0.3) is 0 Å². The molecule has 25 heavy (non-hydrogen) atoms. The first-order valence-corrected chi connectivity index (χ1v) is 10.5. The molecule has 0 aromatic heterocycles. The van der Waals surface area contributed by atoms with Crippen LogP contribution in [-0.2, 0) is 11.2 Å². The number of aliphatic carboxylic acids is 1. The molecule has 2 aliphatic carbocycles. The molecular weight excluding hydrogens is 308 g/mol. The minimum Gasteiger partial charge on any atom is -0.481 e. The van der Waals surface area contributed by atoms with Gasteiger partial charge in [0.15, 0.2) is 0 Å². The predicted molar refractivity (Wildman–Crippen MR) is 103 cm³/mol. The Hall–Kier alpha value is -1.31. The Morgan fingerprint density at radius 2 is 1.48 bits per heavy atom. The van der Waals surface area contributed by atoms with Gasteiger partial charge in [-0.25, -0.2) is 0 Å². The number of benzene rings is 1. The molecule has 2 fully saturated rings. The Morgan fingerprint density at radius 1 is 0.920 bits per heavy atom. The first-order valence-electron chi connectivity index (χ1n) is 10.5. The zero-order valence-corrected chi connectivity index (χ0v) is 15.8. The van der Waals surface area contributed by atoms with Crippen molar-refractivity contribution in [2.45, 2.75) is 83.5 Å². The normalized spacial score (nSPS) is 30.1. The highest BCUT2D eigenvalue weighted by Gasteiger charge is 2.31. The van der Waals surface area contributed by atoms with Crippen molar-refractivity contribution >= 4 is 5.97 Å². The lowest BCUT2D eigenvalue weighted by atomic mass is 9.68. The van der Waals surface area contributed by atoms with Crippen LogP contribution in [0.15, 0.2) is 24.3 Å². The van der Waals surface area contributed by atoms with Gasteiger partial charge in [-0.15, -0.1) is 0 Å². The average molecular weight is 343 g/mol. The molecule has 0 unspecified atom stereocenters. The van der Waals surface area contributed by atoms with E-state index in [-0.39, 0.29) is 6.42 Å². The molecular formula is C23H34O2. The van der Waals surface area contributed by atoms with E-state index in [9.17, 15) is 4.79 Å². The van der Waals surface area contributed by atoms with Crippen LogP contribution >= 0.6 is 0 Å². The Bertz CT molecular complexity index is 532. The van der Waals surface area contributed by atoms with E-state index in [0.29, 0.717) is 5.92 Å². The summed E-state index contributed by atoms with van der Waals surface area (Å²) in [5.74, 6) is 2.91. The fourth-order valence-corrected chi connectivity index (χ4v) is 5.36. The molecule has 0 spiro atoms. The molecule has 1 N–H and O–H groups in total. The van der Waals surface area contributed by atoms with Gasteiger partial charge in [-0.05, 0) is 73.3 Å². The standard InChI is InChI=1S/C23H34O2/c1-2-3-17-4-8-19(9-5-17)21-12-14-22(15-13-21)20-10-6-18(7-11-20)16-23(24)25/h6-7,10-11,17,19,21-22H,2-5,8-9,12-16H2,1H3,(H,24,25)/t17-,19-,21-,22-. The van der Waals surface area contributed by atoms with Gasteiger partial charge in [0.1, 0.15) is 0 Å². The van der Waals surface area contributed by atoms with E-state index >= 15 is 0 Å². The monoisotopic (exact) mass is 342 g/mol. The van der Waals surface area contributed by atoms with Crippen LogP contribution in [0.25, 0.3) is 0 Å². The molecule has 0 saturated heterocycles. The molecule has 138 valence electrons. The molecule has 0 heterocycles. The van der Waals surface area contributed by atoms with Gasteiger partial charge < -0.3 is 5.11 Å². The first-order chi connectivity index (χ1) is 12.2. The highest BCUT2D eigenvalue weighted by molar-refractivity contribution is 5.70. The molecule has 0 amide bonds. The Balaban J connectivity index is 1.46. The molecule has 1 aromatic rings. The third kappa shape index (κ3) is 5.09. The Kier molecular flexibility index (Phi) is 6.56. The quantitative estimate of drug-likeness (QED) is 0.669. The van der Waals surface area contributed by atoms with Crippen molar-refractivity contribution in [3.8, 4) is 0 Å². The van der Waals surface area contributed by atoms with Gasteiger partial charge in [-0.2, -0.15) is 0 Å². The summed E-state index contributed by atoms with van der Waals surface area (Å²) in [6.07, 6.45) is 14.3. The lowest BCUT2D eigenvalue weighted by Crippen LogP contribution is -2.25. The van der Waals surface area contributed by atoms with Crippen molar-refractivity contribution < 1.29 is 9.90 Å². The summed E-state index contributed by atoms with van der Waals surface area (Å²) in [4.78, 5) is 10.8. The van der Waals surface area contributed by atoms with Crippen LogP contribution in [0.4, 0.5) is 0 Å². The van der Waals surface area contributed by atoms with Crippen molar-refractivity contribution in [2.24, 2.45) is 17.8 Å². The number of carbonyl (C=O) groups is 1. The minimum atomic E-state index is -0.748. The van der Waals surface area contributed by atoms with E-state index in [4.69, 9.17) is 5.11 Å². The summed E-state index contributed by atoms with van der Waals surface area (Å²) in [5, 5.41) is 8.88. The van der Waals surface area contributed by atoms with Crippen LogP contribution in [0.1, 0.15) is 88.2 Å². The lowest BCUT2D eigenvalue weighted by molar-refractivity contribution is -0.136. The van der Waals surface area contributed by atoms with Crippen LogP contribution < -0.4 is 0 Å². The summed E-state index contributed by atoms with van der Waals surface area (Å²) in [5.41, 5.74) is 2.33. The van der Waals surface area contributed by atoms with Gasteiger partial charge in [0, 0.05) is 0 Å². The van der Waals surface area contributed by atoms with Crippen molar-refractivity contribution in [1.29, 1.82) is 0 Å². The van der Waals surface area contributed by atoms with Crippen LogP contribution in [-0.4, -0.2) is 11.1 Å². The maximum Gasteiger partial charge on any atom is 0.307 e. The predicted octanol–water partition coefficient (Wildman–Crippen LogP) is 6.19. The second kappa shape index (κ2) is 8.87. The van der Waals surface area contributed by atoms with Crippen molar-refractivity contribution in [2.75, 3.05) is 0 Å². The maximum absolute atomic E-state index is 10.8. The van der Waals surface area contributed by atoms with E-state index in [1.165, 1.54) is 69.8 Å². The minimum absolute atomic E-state index is 0.133. The highest BCUT2D eigenvalue weighted by Crippen LogP contribution is 2.44. The third-order valence-corrected chi connectivity index (χ3v) is 6.83. The molecule has 2 nitrogen and oxygen atoms in total. The lowest BCUT2D eigenvalue weighted by Gasteiger charge is -2.38. The average Bonchev–Trinajstić information content (AvgIpc) is 2.63.